The van der Waals surface area contributed by atoms with E-state index < -0.39 is 12.1 Å². The van der Waals surface area contributed by atoms with Crippen molar-refractivity contribution in [2.75, 3.05) is 20.2 Å². The van der Waals surface area contributed by atoms with Crippen molar-refractivity contribution in [1.82, 2.24) is 9.88 Å². The molecule has 1 aliphatic rings. The summed E-state index contributed by atoms with van der Waals surface area (Å²) in [6, 6.07) is 4.44. The normalized spacial score (nSPS) is 15.1. The summed E-state index contributed by atoms with van der Waals surface area (Å²) in [5.41, 5.74) is 7.83. The van der Waals surface area contributed by atoms with Gasteiger partial charge in [-0.2, -0.15) is 13.2 Å². The number of aliphatic carboxylic acids is 1. The number of nitrogens with zero attached hydrogens (tertiary/aromatic N) is 1. The first-order valence-corrected chi connectivity index (χ1v) is 10.7. The Morgan fingerprint density at radius 1 is 1.26 bits per heavy atom. The number of likely N-dealkylation sites (tertiary alicyclic amines) is 1. The summed E-state index contributed by atoms with van der Waals surface area (Å²) >= 11 is 6.18. The third-order valence-corrected chi connectivity index (χ3v) is 5.99. The number of halogens is 4. The zero-order valence-electron chi connectivity index (χ0n) is 18.9. The van der Waals surface area contributed by atoms with Crippen LogP contribution in [0.3, 0.4) is 0 Å². The molecule has 192 valence electrons. The van der Waals surface area contributed by atoms with E-state index >= 15 is 0 Å². The van der Waals surface area contributed by atoms with E-state index in [2.05, 4.69) is 4.98 Å². The summed E-state index contributed by atoms with van der Waals surface area (Å²) in [4.78, 5) is 37.4. The number of carboxylic acids is 1. The van der Waals surface area contributed by atoms with E-state index in [0.717, 1.165) is 5.56 Å². The van der Waals surface area contributed by atoms with Crippen LogP contribution in [0.2, 0.25) is 5.02 Å². The first kappa shape index (κ1) is 28.0. The molecule has 1 aromatic heterocycles. The quantitative estimate of drug-likeness (QED) is 0.485. The molecule has 1 fully saturated rings. The Bertz CT molecular complexity index is 1130. The topological polar surface area (TPSA) is 146 Å². The molecule has 1 aliphatic heterocycles. The third kappa shape index (κ3) is 7.12. The van der Waals surface area contributed by atoms with E-state index in [-0.39, 0.29) is 34.9 Å². The van der Waals surface area contributed by atoms with Gasteiger partial charge in [0.2, 0.25) is 0 Å². The number of alkyl halides is 3. The minimum absolute atomic E-state index is 0.106. The number of H-pyrrole nitrogens is 1. The standard InChI is InChI=1S/C20H24ClN3O4.C2HF3O2/c1-11-7-16(25)14(9-15(11)21)18(22)12-3-5-24(6-4-12)20(27)13-8-17(28-2)19(26)23-10-13;3-2(4,5)1(6)7/h7-10,12,18,25H,3-6,22H2,1-2H3,(H,23,26);(H,6,7)/t18-;/m1./s1. The van der Waals surface area contributed by atoms with E-state index in [0.29, 0.717) is 42.1 Å². The van der Waals surface area contributed by atoms with Crippen LogP contribution in [0.25, 0.3) is 0 Å². The molecule has 0 unspecified atom stereocenters. The van der Waals surface area contributed by atoms with Gasteiger partial charge in [-0.1, -0.05) is 11.6 Å². The van der Waals surface area contributed by atoms with E-state index in [9.17, 15) is 27.9 Å². The third-order valence-electron chi connectivity index (χ3n) is 5.58. The number of rotatable bonds is 4. The average molecular weight is 520 g/mol. The van der Waals surface area contributed by atoms with Crippen LogP contribution < -0.4 is 16.0 Å². The van der Waals surface area contributed by atoms with Crippen LogP contribution in [0.15, 0.2) is 29.2 Å². The Morgan fingerprint density at radius 2 is 1.83 bits per heavy atom. The lowest BCUT2D eigenvalue weighted by Gasteiger charge is -2.35. The van der Waals surface area contributed by atoms with Crippen molar-refractivity contribution in [2.45, 2.75) is 32.0 Å². The fourth-order valence-electron chi connectivity index (χ4n) is 3.58. The molecule has 1 saturated heterocycles. The van der Waals surface area contributed by atoms with E-state index in [1.54, 1.807) is 17.0 Å². The highest BCUT2D eigenvalue weighted by molar-refractivity contribution is 6.31. The number of ether oxygens (including phenoxy) is 1. The SMILES string of the molecule is COc1cc(C(=O)N2CCC([C@@H](N)c3cc(Cl)c(C)cc3O)CC2)c[nH]c1=O.O=C(O)C(F)(F)F. The molecule has 1 aromatic carbocycles. The van der Waals surface area contributed by atoms with Crippen LogP contribution in [0, 0.1) is 12.8 Å². The molecule has 0 radical (unpaired) electrons. The lowest BCUT2D eigenvalue weighted by atomic mass is 9.85. The molecule has 0 saturated carbocycles. The molecule has 0 aliphatic carbocycles. The van der Waals surface area contributed by atoms with E-state index in [1.165, 1.54) is 19.4 Å². The van der Waals surface area contributed by atoms with Crippen LogP contribution in [-0.4, -0.2) is 58.3 Å². The molecule has 0 bridgehead atoms. The molecular formula is C22H25ClF3N3O6. The molecule has 2 heterocycles. The fraction of sp³-hybridized carbons (Fsp3) is 0.409. The molecule has 2 aromatic rings. The predicted molar refractivity (Wildman–Crippen MR) is 121 cm³/mol. The number of carboxylic acid groups (broad SMARTS) is 1. The molecular weight excluding hydrogens is 495 g/mol. The zero-order chi connectivity index (χ0) is 26.5. The summed E-state index contributed by atoms with van der Waals surface area (Å²) in [6.45, 7) is 2.91. The Kier molecular flexibility index (Phi) is 9.16. The summed E-state index contributed by atoms with van der Waals surface area (Å²) in [5.74, 6) is -2.54. The lowest BCUT2D eigenvalue weighted by Crippen LogP contribution is -2.41. The number of methoxy groups -OCH3 is 1. The number of aromatic hydroxyl groups is 1. The van der Waals surface area contributed by atoms with Gasteiger partial charge in [0.1, 0.15) is 5.75 Å². The minimum Gasteiger partial charge on any atom is -0.508 e. The average Bonchev–Trinajstić information content (AvgIpc) is 2.80. The van der Waals surface area contributed by atoms with Crippen LogP contribution in [0.1, 0.15) is 40.4 Å². The number of carbonyl (C=O) groups excluding carboxylic acids is 1. The number of hydrogen-bond donors (Lipinski definition) is 4. The maximum Gasteiger partial charge on any atom is 0.490 e. The highest BCUT2D eigenvalue weighted by Crippen LogP contribution is 2.36. The Hall–Kier alpha value is -3.25. The van der Waals surface area contributed by atoms with Gasteiger partial charge < -0.3 is 30.6 Å². The van der Waals surface area contributed by atoms with Crippen LogP contribution >= 0.6 is 11.6 Å². The number of aryl methyl sites for hydroxylation is 1. The van der Waals surface area contributed by atoms with Gasteiger partial charge in [-0.15, -0.1) is 0 Å². The number of amides is 1. The molecule has 13 heteroatoms. The van der Waals surface area contributed by atoms with Crippen molar-refractivity contribution >= 4 is 23.5 Å². The second kappa shape index (κ2) is 11.5. The maximum absolute atomic E-state index is 12.7. The second-order valence-corrected chi connectivity index (χ2v) is 8.31. The first-order chi connectivity index (χ1) is 16.3. The largest absolute Gasteiger partial charge is 0.508 e. The number of piperidine rings is 1. The number of nitrogens with two attached hydrogens (primary N) is 1. The van der Waals surface area contributed by atoms with E-state index in [1.807, 2.05) is 6.92 Å². The van der Waals surface area contributed by atoms with Gasteiger partial charge in [0.15, 0.2) is 5.75 Å². The van der Waals surface area contributed by atoms with Gasteiger partial charge >= 0.3 is 12.1 Å². The number of hydrogen-bond acceptors (Lipinski definition) is 6. The molecule has 5 N–H and O–H groups in total. The van der Waals surface area contributed by atoms with Crippen molar-refractivity contribution in [3.8, 4) is 11.5 Å². The lowest BCUT2D eigenvalue weighted by molar-refractivity contribution is -0.192. The van der Waals surface area contributed by atoms with Gasteiger partial charge in [-0.05, 0) is 43.4 Å². The number of benzene rings is 1. The maximum atomic E-state index is 12.7. The molecule has 35 heavy (non-hydrogen) atoms. The summed E-state index contributed by atoms with van der Waals surface area (Å²) < 4.78 is 36.7. The van der Waals surface area contributed by atoms with Crippen molar-refractivity contribution in [3.05, 3.63) is 56.5 Å². The van der Waals surface area contributed by atoms with Crippen LogP contribution in [-0.2, 0) is 4.79 Å². The summed E-state index contributed by atoms with van der Waals surface area (Å²) in [5, 5.41) is 17.9. The molecule has 1 amide bonds. The van der Waals surface area contributed by atoms with Crippen LogP contribution in [0.4, 0.5) is 13.2 Å². The van der Waals surface area contributed by atoms with Crippen molar-refractivity contribution in [1.29, 1.82) is 0 Å². The number of phenolic OH excluding ortho intramolecular Hbond substituents is 1. The fourth-order valence-corrected chi connectivity index (χ4v) is 3.76. The van der Waals surface area contributed by atoms with Gasteiger partial charge in [-0.3, -0.25) is 9.59 Å². The number of aromatic amines is 1. The zero-order valence-corrected chi connectivity index (χ0v) is 19.6. The highest BCUT2D eigenvalue weighted by atomic mass is 35.5. The van der Waals surface area contributed by atoms with Crippen LogP contribution in [0.5, 0.6) is 11.5 Å². The molecule has 0 spiro atoms. The highest BCUT2D eigenvalue weighted by Gasteiger charge is 2.38. The minimum atomic E-state index is -5.08. The Balaban J connectivity index is 0.000000540. The number of pyridine rings is 1. The molecule has 9 nitrogen and oxygen atoms in total. The monoisotopic (exact) mass is 519 g/mol. The van der Waals surface area contributed by atoms with Gasteiger partial charge in [0.05, 0.1) is 12.7 Å². The number of aromatic nitrogens is 1. The van der Waals surface area contributed by atoms with Crippen molar-refractivity contribution in [2.24, 2.45) is 11.7 Å². The summed E-state index contributed by atoms with van der Waals surface area (Å²) in [6.07, 6.45) is -2.27. The van der Waals surface area contributed by atoms with Gasteiger partial charge in [0, 0.05) is 42.0 Å². The number of nitrogens with one attached hydrogen (secondary N) is 1. The second-order valence-electron chi connectivity index (χ2n) is 7.90. The molecule has 3 rings (SSSR count). The smallest absolute Gasteiger partial charge is 0.490 e. The summed E-state index contributed by atoms with van der Waals surface area (Å²) in [7, 11) is 1.39. The number of carbonyl (C=O) groups is 2. The first-order valence-electron chi connectivity index (χ1n) is 10.4. The van der Waals surface area contributed by atoms with Gasteiger partial charge in [-0.25, -0.2) is 4.79 Å². The number of phenols is 1. The van der Waals surface area contributed by atoms with Gasteiger partial charge in [0.25, 0.3) is 11.5 Å². The molecule has 1 atom stereocenters. The Labute approximate surface area is 203 Å². The predicted octanol–water partition coefficient (Wildman–Crippen LogP) is 3.24. The van der Waals surface area contributed by atoms with Crippen molar-refractivity contribution < 1.29 is 37.7 Å². The Morgan fingerprint density at radius 3 is 2.34 bits per heavy atom. The van der Waals surface area contributed by atoms with E-state index in [4.69, 9.17) is 32.0 Å². The van der Waals surface area contributed by atoms with Crippen molar-refractivity contribution in [3.63, 3.8) is 0 Å².